The molecule has 0 spiro atoms. The normalized spacial score (nSPS) is 10.1. The molecule has 19 heavy (non-hydrogen) atoms. The Hall–Kier alpha value is -2.49. The number of phenols is 1. The number of aromatic hydroxyl groups is 1. The minimum absolute atomic E-state index is 0.0898. The summed E-state index contributed by atoms with van der Waals surface area (Å²) in [6, 6.07) is 14.1. The molecule has 0 radical (unpaired) electrons. The molecule has 4 N–H and O–H groups in total. The van der Waals surface area contributed by atoms with E-state index in [4.69, 9.17) is 5.73 Å². The van der Waals surface area contributed by atoms with E-state index in [1.807, 2.05) is 18.2 Å². The first-order chi connectivity index (χ1) is 9.13. The molecule has 0 heterocycles. The minimum Gasteiger partial charge on any atom is -0.508 e. The third-order valence-electron chi connectivity index (χ3n) is 2.72. The highest BCUT2D eigenvalue weighted by Gasteiger charge is 2.04. The van der Waals surface area contributed by atoms with Crippen LogP contribution in [0.5, 0.6) is 5.75 Å². The molecular formula is C15H16N2O2. The standard InChI is InChI=1S/C15H16N2O2/c16-13-5-1-4-12(7-13)10-17-15(19)9-11-3-2-6-14(18)8-11/h1-8,18H,9-10,16H2,(H,17,19). The summed E-state index contributed by atoms with van der Waals surface area (Å²) in [7, 11) is 0. The molecule has 0 saturated heterocycles. The fourth-order valence-corrected chi connectivity index (χ4v) is 1.82. The number of phenolic OH excluding ortho intramolecular Hbond substituents is 1. The van der Waals surface area contributed by atoms with Crippen LogP contribution in [0, 0.1) is 0 Å². The minimum atomic E-state index is -0.0898. The van der Waals surface area contributed by atoms with Crippen molar-refractivity contribution < 1.29 is 9.90 Å². The smallest absolute Gasteiger partial charge is 0.224 e. The largest absolute Gasteiger partial charge is 0.508 e. The SMILES string of the molecule is Nc1cccc(CNC(=O)Cc2cccc(O)c2)c1. The van der Waals surface area contributed by atoms with Gasteiger partial charge < -0.3 is 16.2 Å². The molecule has 0 aromatic heterocycles. The second-order valence-electron chi connectivity index (χ2n) is 4.37. The summed E-state index contributed by atoms with van der Waals surface area (Å²) in [6.07, 6.45) is 0.247. The second kappa shape index (κ2) is 5.91. The van der Waals surface area contributed by atoms with Gasteiger partial charge in [0.25, 0.3) is 0 Å². The molecule has 2 aromatic carbocycles. The summed E-state index contributed by atoms with van der Waals surface area (Å²) >= 11 is 0. The lowest BCUT2D eigenvalue weighted by molar-refractivity contribution is -0.120. The van der Waals surface area contributed by atoms with Gasteiger partial charge in [0.15, 0.2) is 0 Å². The Morgan fingerprint density at radius 3 is 2.58 bits per heavy atom. The average Bonchev–Trinajstić information content (AvgIpc) is 2.36. The monoisotopic (exact) mass is 256 g/mol. The second-order valence-corrected chi connectivity index (χ2v) is 4.37. The maximum Gasteiger partial charge on any atom is 0.224 e. The van der Waals surface area contributed by atoms with Crippen molar-refractivity contribution >= 4 is 11.6 Å². The Balaban J connectivity index is 1.88. The molecule has 0 aliphatic carbocycles. The number of nitrogen functional groups attached to an aromatic ring is 1. The first-order valence-electron chi connectivity index (χ1n) is 6.02. The maximum atomic E-state index is 11.8. The van der Waals surface area contributed by atoms with Gasteiger partial charge in [-0.3, -0.25) is 4.79 Å². The third-order valence-corrected chi connectivity index (χ3v) is 2.72. The fourth-order valence-electron chi connectivity index (χ4n) is 1.82. The first kappa shape index (κ1) is 13.0. The predicted octanol–water partition coefficient (Wildman–Crippen LogP) is 1.83. The van der Waals surface area contributed by atoms with E-state index < -0.39 is 0 Å². The number of carbonyl (C=O) groups excluding carboxylic acids is 1. The summed E-state index contributed by atoms with van der Waals surface area (Å²) in [5, 5.41) is 12.1. The number of rotatable bonds is 4. The molecule has 0 aliphatic heterocycles. The molecule has 0 saturated carbocycles. The quantitative estimate of drug-likeness (QED) is 0.730. The van der Waals surface area contributed by atoms with E-state index in [0.29, 0.717) is 12.2 Å². The molecule has 2 aromatic rings. The molecular weight excluding hydrogens is 240 g/mol. The van der Waals surface area contributed by atoms with Crippen molar-refractivity contribution in [2.45, 2.75) is 13.0 Å². The Morgan fingerprint density at radius 1 is 1.11 bits per heavy atom. The average molecular weight is 256 g/mol. The number of amides is 1. The number of nitrogens with two attached hydrogens (primary N) is 1. The summed E-state index contributed by atoms with van der Waals surface area (Å²) in [5.74, 6) is 0.0779. The van der Waals surface area contributed by atoms with Crippen LogP contribution in [0.1, 0.15) is 11.1 Å². The van der Waals surface area contributed by atoms with Crippen LogP contribution in [-0.4, -0.2) is 11.0 Å². The van der Waals surface area contributed by atoms with Crippen LogP contribution < -0.4 is 11.1 Å². The van der Waals surface area contributed by atoms with Gasteiger partial charge in [-0.05, 0) is 35.4 Å². The molecule has 0 aliphatic rings. The van der Waals surface area contributed by atoms with Gasteiger partial charge >= 0.3 is 0 Å². The lowest BCUT2D eigenvalue weighted by Gasteiger charge is -2.06. The highest BCUT2D eigenvalue weighted by molar-refractivity contribution is 5.78. The van der Waals surface area contributed by atoms with Crippen molar-refractivity contribution in [1.29, 1.82) is 0 Å². The van der Waals surface area contributed by atoms with Gasteiger partial charge in [0.05, 0.1) is 6.42 Å². The van der Waals surface area contributed by atoms with E-state index in [2.05, 4.69) is 5.32 Å². The third kappa shape index (κ3) is 4.03. The Labute approximate surface area is 111 Å². The van der Waals surface area contributed by atoms with Crippen molar-refractivity contribution in [2.24, 2.45) is 0 Å². The van der Waals surface area contributed by atoms with Gasteiger partial charge in [-0.15, -0.1) is 0 Å². The molecule has 4 heteroatoms. The van der Waals surface area contributed by atoms with Crippen molar-refractivity contribution in [2.75, 3.05) is 5.73 Å². The molecule has 0 fully saturated rings. The van der Waals surface area contributed by atoms with Crippen LogP contribution in [0.25, 0.3) is 0 Å². The summed E-state index contributed by atoms with van der Waals surface area (Å²) in [5.41, 5.74) is 8.09. The van der Waals surface area contributed by atoms with Gasteiger partial charge in [-0.1, -0.05) is 24.3 Å². The predicted molar refractivity (Wildman–Crippen MR) is 74.5 cm³/mol. The van der Waals surface area contributed by atoms with E-state index in [1.165, 1.54) is 0 Å². The number of carbonyl (C=O) groups is 1. The van der Waals surface area contributed by atoms with E-state index in [9.17, 15) is 9.90 Å². The molecule has 0 unspecified atom stereocenters. The lowest BCUT2D eigenvalue weighted by atomic mass is 10.1. The molecule has 1 amide bonds. The molecule has 0 atom stereocenters. The summed E-state index contributed by atoms with van der Waals surface area (Å²) in [6.45, 7) is 0.447. The Morgan fingerprint density at radius 2 is 1.84 bits per heavy atom. The van der Waals surface area contributed by atoms with Crippen LogP contribution in [0.4, 0.5) is 5.69 Å². The highest BCUT2D eigenvalue weighted by atomic mass is 16.3. The van der Waals surface area contributed by atoms with Gasteiger partial charge in [0, 0.05) is 12.2 Å². The number of anilines is 1. The summed E-state index contributed by atoms with van der Waals surface area (Å²) in [4.78, 5) is 11.8. The number of hydrogen-bond donors (Lipinski definition) is 3. The Kier molecular flexibility index (Phi) is 4.03. The van der Waals surface area contributed by atoms with Gasteiger partial charge in [-0.2, -0.15) is 0 Å². The molecule has 0 bridgehead atoms. The number of hydrogen-bond acceptors (Lipinski definition) is 3. The summed E-state index contributed by atoms with van der Waals surface area (Å²) < 4.78 is 0. The van der Waals surface area contributed by atoms with Crippen molar-refractivity contribution in [3.63, 3.8) is 0 Å². The van der Waals surface area contributed by atoms with Gasteiger partial charge in [0.2, 0.25) is 5.91 Å². The van der Waals surface area contributed by atoms with Gasteiger partial charge in [-0.25, -0.2) is 0 Å². The number of benzene rings is 2. The molecule has 2 rings (SSSR count). The van der Waals surface area contributed by atoms with Crippen LogP contribution in [0.3, 0.4) is 0 Å². The topological polar surface area (TPSA) is 75.3 Å². The van der Waals surface area contributed by atoms with E-state index in [-0.39, 0.29) is 18.1 Å². The zero-order valence-corrected chi connectivity index (χ0v) is 10.5. The van der Waals surface area contributed by atoms with Crippen molar-refractivity contribution in [3.05, 3.63) is 59.7 Å². The zero-order valence-electron chi connectivity index (χ0n) is 10.5. The molecule has 4 nitrogen and oxygen atoms in total. The van der Waals surface area contributed by atoms with Crippen molar-refractivity contribution in [3.8, 4) is 5.75 Å². The number of nitrogens with one attached hydrogen (secondary N) is 1. The highest BCUT2D eigenvalue weighted by Crippen LogP contribution is 2.11. The zero-order chi connectivity index (χ0) is 13.7. The van der Waals surface area contributed by atoms with E-state index >= 15 is 0 Å². The fraction of sp³-hybridized carbons (Fsp3) is 0.133. The Bertz CT molecular complexity index is 582. The van der Waals surface area contributed by atoms with E-state index in [1.54, 1.807) is 30.3 Å². The van der Waals surface area contributed by atoms with E-state index in [0.717, 1.165) is 11.1 Å². The van der Waals surface area contributed by atoms with Crippen LogP contribution in [0.2, 0.25) is 0 Å². The van der Waals surface area contributed by atoms with Crippen LogP contribution in [-0.2, 0) is 17.8 Å². The van der Waals surface area contributed by atoms with Crippen LogP contribution in [0.15, 0.2) is 48.5 Å². The first-order valence-corrected chi connectivity index (χ1v) is 6.02. The van der Waals surface area contributed by atoms with Crippen LogP contribution >= 0.6 is 0 Å². The maximum absolute atomic E-state index is 11.8. The van der Waals surface area contributed by atoms with Gasteiger partial charge in [0.1, 0.15) is 5.75 Å². The molecule has 98 valence electrons. The lowest BCUT2D eigenvalue weighted by Crippen LogP contribution is -2.24. The van der Waals surface area contributed by atoms with Crippen molar-refractivity contribution in [1.82, 2.24) is 5.32 Å².